The fraction of sp³-hybridized carbons (Fsp3) is 0.857. The number of fused-ring (bicyclic) bond motifs is 9. The van der Waals surface area contributed by atoms with Crippen LogP contribution in [0, 0.1) is 40.9 Å². The molecule has 0 heterocycles. The van der Waals surface area contributed by atoms with Gasteiger partial charge in [0.2, 0.25) is 0 Å². The highest BCUT2D eigenvalue weighted by molar-refractivity contribution is 5.24. The normalized spacial score (nSPS) is 48.1. The minimum Gasteiger partial charge on any atom is -0.170 e. The van der Waals surface area contributed by atoms with Crippen LogP contribution in [0.5, 0.6) is 0 Å². The summed E-state index contributed by atoms with van der Waals surface area (Å²) in [6.07, 6.45) is -6.41. The summed E-state index contributed by atoms with van der Waals surface area (Å²) < 4.78 is 80.0. The van der Waals surface area contributed by atoms with Crippen LogP contribution in [-0.4, -0.2) is 12.4 Å². The van der Waals surface area contributed by atoms with Gasteiger partial charge in [0.15, 0.2) is 5.41 Å². The van der Waals surface area contributed by atoms with Crippen molar-refractivity contribution in [2.75, 3.05) is 0 Å². The summed E-state index contributed by atoms with van der Waals surface area (Å²) >= 11 is 0. The maximum atomic E-state index is 13.3. The standard InChI is InChI=1S/C14H14F6/c15-13(16,17)12(14(18,19)20)5-8-4-9(12)11-7-2-1-6(3-7)10(8)11/h1-2,6-11H,3-5H2. The van der Waals surface area contributed by atoms with E-state index >= 15 is 0 Å². The molecule has 6 unspecified atom stereocenters. The van der Waals surface area contributed by atoms with E-state index in [-0.39, 0.29) is 24.2 Å². The molecule has 0 nitrogen and oxygen atoms in total. The molecule has 0 saturated heterocycles. The van der Waals surface area contributed by atoms with Crippen LogP contribution in [-0.2, 0) is 0 Å². The Morgan fingerprint density at radius 3 is 1.90 bits per heavy atom. The van der Waals surface area contributed by atoms with Crippen LogP contribution in [0.25, 0.3) is 0 Å². The summed E-state index contributed by atoms with van der Waals surface area (Å²) in [6.45, 7) is 0. The van der Waals surface area contributed by atoms with E-state index in [1.807, 2.05) is 12.2 Å². The van der Waals surface area contributed by atoms with Gasteiger partial charge in [-0.15, -0.1) is 0 Å². The van der Waals surface area contributed by atoms with Gasteiger partial charge in [0.05, 0.1) is 0 Å². The number of hydrogen-bond donors (Lipinski definition) is 0. The lowest BCUT2D eigenvalue weighted by Crippen LogP contribution is -2.57. The van der Waals surface area contributed by atoms with Gasteiger partial charge in [-0.3, -0.25) is 0 Å². The van der Waals surface area contributed by atoms with E-state index in [0.29, 0.717) is 0 Å². The first-order chi connectivity index (χ1) is 9.17. The third kappa shape index (κ3) is 1.23. The molecule has 0 aromatic heterocycles. The highest BCUT2D eigenvalue weighted by Crippen LogP contribution is 2.76. The van der Waals surface area contributed by atoms with Crippen molar-refractivity contribution in [2.24, 2.45) is 40.9 Å². The fourth-order valence-corrected chi connectivity index (χ4v) is 5.90. The van der Waals surface area contributed by atoms with Crippen molar-refractivity contribution in [2.45, 2.75) is 31.6 Å². The Bertz CT molecular complexity index is 459. The smallest absolute Gasteiger partial charge is 0.170 e. The van der Waals surface area contributed by atoms with Gasteiger partial charge in [-0.1, -0.05) is 12.2 Å². The average Bonchev–Trinajstić information content (AvgIpc) is 3.03. The molecule has 6 heteroatoms. The molecule has 0 aliphatic heterocycles. The molecule has 0 amide bonds. The Morgan fingerprint density at radius 2 is 1.35 bits per heavy atom. The Morgan fingerprint density at radius 1 is 0.800 bits per heavy atom. The van der Waals surface area contributed by atoms with Gasteiger partial charge >= 0.3 is 12.4 Å². The third-order valence-corrected chi connectivity index (χ3v) is 6.38. The Kier molecular flexibility index (Phi) is 2.20. The summed E-state index contributed by atoms with van der Waals surface area (Å²) in [5, 5.41) is 0. The van der Waals surface area contributed by atoms with Crippen molar-refractivity contribution >= 4 is 0 Å². The quantitative estimate of drug-likeness (QED) is 0.349. The second kappa shape index (κ2) is 3.38. The summed E-state index contributed by atoms with van der Waals surface area (Å²) in [5.74, 6) is -1.87. The summed E-state index contributed by atoms with van der Waals surface area (Å²) in [5.41, 5.74) is -3.45. The predicted octanol–water partition coefficient (Wildman–Crippen LogP) is 4.58. The van der Waals surface area contributed by atoms with Crippen molar-refractivity contribution < 1.29 is 26.3 Å². The van der Waals surface area contributed by atoms with Crippen LogP contribution in [0.4, 0.5) is 26.3 Å². The molecule has 6 atom stereocenters. The van der Waals surface area contributed by atoms with E-state index < -0.39 is 41.9 Å². The molecule has 4 rings (SSSR count). The van der Waals surface area contributed by atoms with E-state index in [1.165, 1.54) is 0 Å². The topological polar surface area (TPSA) is 0 Å². The highest BCUT2D eigenvalue weighted by atomic mass is 19.4. The molecule has 0 aromatic rings. The lowest BCUT2D eigenvalue weighted by atomic mass is 9.61. The highest BCUT2D eigenvalue weighted by Gasteiger charge is 2.81. The first kappa shape index (κ1) is 13.0. The van der Waals surface area contributed by atoms with Crippen LogP contribution in [0.2, 0.25) is 0 Å². The van der Waals surface area contributed by atoms with Crippen LogP contribution >= 0.6 is 0 Å². The lowest BCUT2D eigenvalue weighted by Gasteiger charge is -2.46. The van der Waals surface area contributed by atoms with Crippen molar-refractivity contribution in [1.82, 2.24) is 0 Å². The summed E-state index contributed by atoms with van der Waals surface area (Å²) in [6, 6.07) is 0. The van der Waals surface area contributed by atoms with Crippen LogP contribution in [0.1, 0.15) is 19.3 Å². The SMILES string of the molecule is FC(F)(F)C1(C(F)(F)F)CC2CC1C1C3C=CC(C3)C21. The van der Waals surface area contributed by atoms with E-state index in [1.54, 1.807) is 0 Å². The van der Waals surface area contributed by atoms with Crippen molar-refractivity contribution in [3.05, 3.63) is 12.2 Å². The number of allylic oxidation sites excluding steroid dienone is 2. The zero-order valence-electron chi connectivity index (χ0n) is 10.5. The molecule has 0 N–H and O–H groups in total. The first-order valence-corrected chi connectivity index (χ1v) is 6.98. The zero-order chi connectivity index (χ0) is 14.5. The van der Waals surface area contributed by atoms with Crippen molar-refractivity contribution in [3.8, 4) is 0 Å². The summed E-state index contributed by atoms with van der Waals surface area (Å²) in [4.78, 5) is 0. The van der Waals surface area contributed by atoms with Gasteiger partial charge in [-0.2, -0.15) is 26.3 Å². The molecule has 0 aromatic carbocycles. The van der Waals surface area contributed by atoms with Gasteiger partial charge < -0.3 is 0 Å². The van der Waals surface area contributed by atoms with E-state index in [2.05, 4.69) is 0 Å². The molecule has 0 radical (unpaired) electrons. The molecule has 0 spiro atoms. The van der Waals surface area contributed by atoms with Crippen molar-refractivity contribution in [3.63, 3.8) is 0 Å². The number of alkyl halides is 6. The zero-order valence-corrected chi connectivity index (χ0v) is 10.5. The molecular formula is C14H14F6. The average molecular weight is 296 g/mol. The van der Waals surface area contributed by atoms with Crippen LogP contribution in [0.15, 0.2) is 12.2 Å². The minimum absolute atomic E-state index is 0.0628. The maximum Gasteiger partial charge on any atom is 0.403 e. The van der Waals surface area contributed by atoms with E-state index in [0.717, 1.165) is 6.42 Å². The molecule has 20 heavy (non-hydrogen) atoms. The number of rotatable bonds is 0. The van der Waals surface area contributed by atoms with Gasteiger partial charge in [0.25, 0.3) is 0 Å². The minimum atomic E-state index is -5.19. The van der Waals surface area contributed by atoms with Gasteiger partial charge in [-0.25, -0.2) is 0 Å². The first-order valence-electron chi connectivity index (χ1n) is 6.98. The molecule has 4 aliphatic carbocycles. The van der Waals surface area contributed by atoms with E-state index in [4.69, 9.17) is 0 Å². The Hall–Kier alpha value is -0.680. The van der Waals surface area contributed by atoms with Crippen LogP contribution in [0.3, 0.4) is 0 Å². The van der Waals surface area contributed by atoms with Gasteiger partial charge in [-0.05, 0) is 54.8 Å². The Labute approximate surface area is 112 Å². The van der Waals surface area contributed by atoms with E-state index in [9.17, 15) is 26.3 Å². The lowest BCUT2D eigenvalue weighted by molar-refractivity contribution is -0.363. The largest absolute Gasteiger partial charge is 0.403 e. The number of hydrogen-bond acceptors (Lipinski definition) is 0. The second-order valence-electron chi connectivity index (χ2n) is 6.88. The van der Waals surface area contributed by atoms with Gasteiger partial charge in [0.1, 0.15) is 0 Å². The number of halogens is 6. The molecule has 3 fully saturated rings. The van der Waals surface area contributed by atoms with Crippen LogP contribution < -0.4 is 0 Å². The molecule has 4 aliphatic rings. The molecular weight excluding hydrogens is 282 g/mol. The fourth-order valence-electron chi connectivity index (χ4n) is 5.90. The molecule has 4 bridgehead atoms. The monoisotopic (exact) mass is 296 g/mol. The maximum absolute atomic E-state index is 13.3. The second-order valence-corrected chi connectivity index (χ2v) is 6.88. The Balaban J connectivity index is 1.81. The predicted molar refractivity (Wildman–Crippen MR) is 58.5 cm³/mol. The third-order valence-electron chi connectivity index (χ3n) is 6.38. The molecule has 112 valence electrons. The molecule has 3 saturated carbocycles. The summed E-state index contributed by atoms with van der Waals surface area (Å²) in [7, 11) is 0. The van der Waals surface area contributed by atoms with Crippen molar-refractivity contribution in [1.29, 1.82) is 0 Å². The van der Waals surface area contributed by atoms with Gasteiger partial charge in [0, 0.05) is 0 Å².